The van der Waals surface area contributed by atoms with Crippen LogP contribution in [0.5, 0.6) is 0 Å². The number of nitrogens with one attached hydrogen (secondary N) is 1. The molecule has 7 heteroatoms. The lowest BCUT2D eigenvalue weighted by Crippen LogP contribution is -2.59. The molecule has 2 aromatic carbocycles. The quantitative estimate of drug-likeness (QED) is 0.263. The van der Waals surface area contributed by atoms with E-state index < -0.39 is 37.1 Å². The van der Waals surface area contributed by atoms with Crippen LogP contribution in [-0.4, -0.2) is 63.8 Å². The van der Waals surface area contributed by atoms with Crippen molar-refractivity contribution in [3.05, 3.63) is 89.5 Å². The van der Waals surface area contributed by atoms with Crippen molar-refractivity contribution in [2.24, 2.45) is 11.8 Å². The van der Waals surface area contributed by atoms with Gasteiger partial charge >= 0.3 is 0 Å². The molecule has 2 aliphatic rings. The summed E-state index contributed by atoms with van der Waals surface area (Å²) in [5, 5.41) is 43.6. The van der Waals surface area contributed by atoms with Crippen LogP contribution in [0.2, 0.25) is 0 Å². The van der Waals surface area contributed by atoms with Gasteiger partial charge in [0.25, 0.3) is 0 Å². The normalized spacial score (nSPS) is 28.4. The summed E-state index contributed by atoms with van der Waals surface area (Å²) < 4.78 is 5.67. The third kappa shape index (κ3) is 7.65. The number of hydrogen-bond acceptors (Lipinski definition) is 7. The van der Waals surface area contributed by atoms with Gasteiger partial charge in [0.05, 0.1) is 18.8 Å². The smallest absolute Gasteiger partial charge is 0.125 e. The molecular formula is C32H41NO6. The molecule has 1 unspecified atom stereocenters. The van der Waals surface area contributed by atoms with Crippen molar-refractivity contribution in [3.63, 3.8) is 0 Å². The summed E-state index contributed by atoms with van der Waals surface area (Å²) in [6.45, 7) is 1.77. The van der Waals surface area contributed by atoms with E-state index in [1.807, 2.05) is 54.6 Å². The van der Waals surface area contributed by atoms with E-state index in [1.165, 1.54) is 5.57 Å². The Labute approximate surface area is 230 Å². The lowest BCUT2D eigenvalue weighted by Gasteiger charge is -2.40. The fourth-order valence-corrected chi connectivity index (χ4v) is 5.59. The number of benzene rings is 2. The highest BCUT2D eigenvalue weighted by atomic mass is 16.5. The summed E-state index contributed by atoms with van der Waals surface area (Å²) in [7, 11) is 0. The Balaban J connectivity index is 1.46. The molecule has 0 radical (unpaired) electrons. The van der Waals surface area contributed by atoms with Gasteiger partial charge in [-0.2, -0.15) is 0 Å². The number of carbonyl (C=O) groups excluding carboxylic acids is 1. The van der Waals surface area contributed by atoms with Crippen LogP contribution in [0.4, 0.5) is 5.69 Å². The Morgan fingerprint density at radius 2 is 1.72 bits per heavy atom. The largest absolute Gasteiger partial charge is 0.394 e. The van der Waals surface area contributed by atoms with Crippen molar-refractivity contribution in [2.75, 3.05) is 11.9 Å². The predicted octanol–water partition coefficient (Wildman–Crippen LogP) is 3.73. The van der Waals surface area contributed by atoms with E-state index in [0.717, 1.165) is 48.8 Å². The number of aldehydes is 1. The van der Waals surface area contributed by atoms with Crippen LogP contribution in [0.25, 0.3) is 0 Å². The van der Waals surface area contributed by atoms with Crippen molar-refractivity contribution in [1.82, 2.24) is 0 Å². The summed E-state index contributed by atoms with van der Waals surface area (Å²) in [6.07, 6.45) is 5.93. The lowest BCUT2D eigenvalue weighted by molar-refractivity contribution is -0.228. The Bertz CT molecular complexity index is 1100. The first-order valence-corrected chi connectivity index (χ1v) is 13.9. The first kappa shape index (κ1) is 29.2. The highest BCUT2D eigenvalue weighted by Crippen LogP contribution is 2.32. The maximum Gasteiger partial charge on any atom is 0.125 e. The average molecular weight is 536 g/mol. The van der Waals surface area contributed by atoms with Crippen molar-refractivity contribution < 1.29 is 30.0 Å². The van der Waals surface area contributed by atoms with Crippen LogP contribution in [0.1, 0.15) is 49.8 Å². The molecule has 1 fully saturated rings. The second-order valence-corrected chi connectivity index (χ2v) is 10.9. The zero-order valence-electron chi connectivity index (χ0n) is 22.5. The number of para-hydroxylation sites is 1. The Hall–Kier alpha value is -2.81. The SMILES string of the molecule is CC1C=CC=C(CCC[C@@H](C=O)[C@H](Nc2ccccc2)c2ccc(C[C@@H]3O[C@H](CO)[C@@H](O)[C@H](O)[C@H]3O)cc2)C1. The molecule has 2 aromatic rings. The molecule has 0 aromatic heterocycles. The molecule has 1 heterocycles. The monoisotopic (exact) mass is 535 g/mol. The van der Waals surface area contributed by atoms with E-state index in [9.17, 15) is 25.2 Å². The molecule has 8 atom stereocenters. The molecule has 0 saturated carbocycles. The van der Waals surface area contributed by atoms with Gasteiger partial charge in [0.2, 0.25) is 0 Å². The lowest BCUT2D eigenvalue weighted by atomic mass is 9.86. The zero-order valence-corrected chi connectivity index (χ0v) is 22.5. The summed E-state index contributed by atoms with van der Waals surface area (Å²) in [5.74, 6) is 0.333. The minimum atomic E-state index is -1.39. The fraction of sp³-hybridized carbons (Fsp3) is 0.469. The minimum absolute atomic E-state index is 0.217. The van der Waals surface area contributed by atoms with Gasteiger partial charge in [0.15, 0.2) is 0 Å². The molecule has 1 aliphatic heterocycles. The first-order chi connectivity index (χ1) is 18.9. The van der Waals surface area contributed by atoms with Gasteiger partial charge in [0.1, 0.15) is 30.7 Å². The van der Waals surface area contributed by atoms with Crippen LogP contribution in [0.3, 0.4) is 0 Å². The van der Waals surface area contributed by atoms with Crippen LogP contribution in [0, 0.1) is 11.8 Å². The molecule has 4 rings (SSSR count). The van der Waals surface area contributed by atoms with Crippen molar-refractivity contribution >= 4 is 12.0 Å². The summed E-state index contributed by atoms with van der Waals surface area (Å²) in [5.41, 5.74) is 4.21. The number of carbonyl (C=O) groups is 1. The standard InChI is InChI=1S/C32H41NO6/c1-21-7-5-8-22(17-21)9-6-10-25(19-34)29(33-26-11-3-2-4-12-26)24-15-13-23(14-16-24)18-27-30(36)32(38)31(37)28(20-35)39-27/h2-5,7-8,11-16,19,21,25,27-33,35-38H,6,9-10,17-18,20H2,1H3/t21?,25-,27-,28+,29+,30-,31+,32+/m0/s1. The van der Waals surface area contributed by atoms with Gasteiger partial charge in [-0.1, -0.05) is 73.2 Å². The zero-order chi connectivity index (χ0) is 27.8. The molecule has 0 bridgehead atoms. The van der Waals surface area contributed by atoms with Crippen molar-refractivity contribution in [3.8, 4) is 0 Å². The maximum atomic E-state index is 12.4. The van der Waals surface area contributed by atoms with Gasteiger partial charge in [-0.05, 0) is 54.9 Å². The molecule has 210 valence electrons. The fourth-order valence-electron chi connectivity index (χ4n) is 5.59. The molecule has 0 amide bonds. The number of anilines is 1. The predicted molar refractivity (Wildman–Crippen MR) is 151 cm³/mol. The Morgan fingerprint density at radius 1 is 1.00 bits per heavy atom. The van der Waals surface area contributed by atoms with Gasteiger partial charge in [-0.25, -0.2) is 0 Å². The summed E-state index contributed by atoms with van der Waals surface area (Å²) in [4.78, 5) is 12.4. The van der Waals surface area contributed by atoms with Crippen LogP contribution >= 0.6 is 0 Å². The third-order valence-electron chi connectivity index (χ3n) is 7.86. The van der Waals surface area contributed by atoms with Gasteiger partial charge in [0, 0.05) is 18.0 Å². The molecule has 0 spiro atoms. The molecule has 1 saturated heterocycles. The number of hydrogen-bond donors (Lipinski definition) is 5. The highest BCUT2D eigenvalue weighted by Gasteiger charge is 2.43. The van der Waals surface area contributed by atoms with Crippen molar-refractivity contribution in [2.45, 2.75) is 75.6 Å². The van der Waals surface area contributed by atoms with Crippen LogP contribution in [-0.2, 0) is 16.0 Å². The maximum absolute atomic E-state index is 12.4. The third-order valence-corrected chi connectivity index (χ3v) is 7.86. The first-order valence-electron chi connectivity index (χ1n) is 13.9. The number of rotatable bonds is 12. The second kappa shape index (κ2) is 14.0. The number of allylic oxidation sites excluding steroid dienone is 4. The molecule has 7 nitrogen and oxygen atoms in total. The summed E-state index contributed by atoms with van der Waals surface area (Å²) >= 11 is 0. The molecule has 1 aliphatic carbocycles. The Kier molecular flexibility index (Phi) is 10.5. The van der Waals surface area contributed by atoms with Gasteiger partial charge in [-0.3, -0.25) is 0 Å². The van der Waals surface area contributed by atoms with E-state index in [2.05, 4.69) is 30.5 Å². The van der Waals surface area contributed by atoms with E-state index in [-0.39, 0.29) is 12.0 Å². The molecule has 5 N–H and O–H groups in total. The van der Waals surface area contributed by atoms with Gasteiger partial charge in [-0.15, -0.1) is 0 Å². The number of ether oxygens (including phenoxy) is 1. The summed E-state index contributed by atoms with van der Waals surface area (Å²) in [6, 6.07) is 17.5. The van der Waals surface area contributed by atoms with Crippen LogP contribution in [0.15, 0.2) is 78.4 Å². The number of aliphatic hydroxyl groups excluding tert-OH is 4. The van der Waals surface area contributed by atoms with E-state index in [4.69, 9.17) is 4.74 Å². The van der Waals surface area contributed by atoms with E-state index >= 15 is 0 Å². The Morgan fingerprint density at radius 3 is 2.38 bits per heavy atom. The average Bonchev–Trinajstić information content (AvgIpc) is 2.96. The molecule has 39 heavy (non-hydrogen) atoms. The van der Waals surface area contributed by atoms with Crippen molar-refractivity contribution in [1.29, 1.82) is 0 Å². The minimum Gasteiger partial charge on any atom is -0.394 e. The van der Waals surface area contributed by atoms with E-state index in [0.29, 0.717) is 12.3 Å². The van der Waals surface area contributed by atoms with E-state index in [1.54, 1.807) is 0 Å². The molecular weight excluding hydrogens is 494 g/mol. The number of aliphatic hydroxyl groups is 4. The van der Waals surface area contributed by atoms with Crippen LogP contribution < -0.4 is 5.32 Å². The van der Waals surface area contributed by atoms with Gasteiger partial charge < -0.3 is 35.3 Å². The highest BCUT2D eigenvalue weighted by molar-refractivity contribution is 5.58. The second-order valence-electron chi connectivity index (χ2n) is 10.9. The topological polar surface area (TPSA) is 119 Å².